The van der Waals surface area contributed by atoms with Gasteiger partial charge in [0.1, 0.15) is 0 Å². The van der Waals surface area contributed by atoms with Crippen LogP contribution in [0.15, 0.2) is 0 Å². The van der Waals surface area contributed by atoms with Crippen molar-refractivity contribution in [1.82, 2.24) is 5.32 Å². The average Bonchev–Trinajstić information content (AvgIpc) is 2.28. The van der Waals surface area contributed by atoms with Gasteiger partial charge in [-0.1, -0.05) is 0 Å². The zero-order valence-electron chi connectivity index (χ0n) is 12.3. The van der Waals surface area contributed by atoms with Crippen molar-refractivity contribution in [2.45, 2.75) is 64.0 Å². The summed E-state index contributed by atoms with van der Waals surface area (Å²) in [5, 5.41) is 3.60. The van der Waals surface area contributed by atoms with E-state index in [1.165, 1.54) is 19.3 Å². The predicted molar refractivity (Wildman–Crippen MR) is 73.8 cm³/mol. The molecule has 1 spiro atoms. The van der Waals surface area contributed by atoms with Gasteiger partial charge in [-0.2, -0.15) is 0 Å². The lowest BCUT2D eigenvalue weighted by Gasteiger charge is -2.43. The second-order valence-electron chi connectivity index (χ2n) is 6.97. The van der Waals surface area contributed by atoms with Crippen LogP contribution in [0.1, 0.15) is 52.9 Å². The van der Waals surface area contributed by atoms with Gasteiger partial charge in [-0.25, -0.2) is 0 Å². The third kappa shape index (κ3) is 4.22. The molecule has 0 aromatic carbocycles. The Balaban J connectivity index is 1.76. The first-order valence-electron chi connectivity index (χ1n) is 7.46. The van der Waals surface area contributed by atoms with Crippen LogP contribution in [0.3, 0.4) is 0 Å². The zero-order valence-corrected chi connectivity index (χ0v) is 12.3. The minimum absolute atomic E-state index is 0.156. The second kappa shape index (κ2) is 5.89. The Bertz CT molecular complexity index is 248. The normalized spacial score (nSPS) is 28.5. The van der Waals surface area contributed by atoms with Crippen molar-refractivity contribution in [1.29, 1.82) is 0 Å². The Morgan fingerprint density at radius 1 is 1.17 bits per heavy atom. The van der Waals surface area contributed by atoms with Crippen LogP contribution >= 0.6 is 0 Å². The molecule has 2 heterocycles. The highest BCUT2D eigenvalue weighted by Gasteiger charge is 2.38. The van der Waals surface area contributed by atoms with E-state index in [2.05, 4.69) is 26.1 Å². The molecule has 18 heavy (non-hydrogen) atoms. The van der Waals surface area contributed by atoms with Crippen molar-refractivity contribution >= 4 is 0 Å². The van der Waals surface area contributed by atoms with Crippen molar-refractivity contribution in [3.8, 4) is 0 Å². The van der Waals surface area contributed by atoms with Gasteiger partial charge in [-0.3, -0.25) is 0 Å². The monoisotopic (exact) mass is 255 g/mol. The summed E-state index contributed by atoms with van der Waals surface area (Å²) in [4.78, 5) is 0. The molecular weight excluding hydrogens is 226 g/mol. The molecule has 106 valence electrons. The lowest BCUT2D eigenvalue weighted by molar-refractivity contribution is -0.147. The van der Waals surface area contributed by atoms with Gasteiger partial charge >= 0.3 is 0 Å². The van der Waals surface area contributed by atoms with Crippen LogP contribution in [0.5, 0.6) is 0 Å². The maximum absolute atomic E-state index is 6.08. The van der Waals surface area contributed by atoms with Crippen LogP contribution in [-0.4, -0.2) is 37.5 Å². The number of ether oxygens (including phenoxy) is 2. The van der Waals surface area contributed by atoms with Crippen LogP contribution in [0.2, 0.25) is 0 Å². The highest BCUT2D eigenvalue weighted by molar-refractivity contribution is 4.89. The van der Waals surface area contributed by atoms with Crippen molar-refractivity contribution in [2.24, 2.45) is 5.92 Å². The molecule has 0 bridgehead atoms. The van der Waals surface area contributed by atoms with Crippen LogP contribution in [0.4, 0.5) is 0 Å². The van der Waals surface area contributed by atoms with Crippen LogP contribution in [-0.2, 0) is 9.47 Å². The zero-order chi connectivity index (χ0) is 13.1. The van der Waals surface area contributed by atoms with Gasteiger partial charge in [-0.15, -0.1) is 0 Å². The van der Waals surface area contributed by atoms with Crippen LogP contribution in [0, 0.1) is 5.92 Å². The van der Waals surface area contributed by atoms with E-state index in [1.807, 2.05) is 0 Å². The molecule has 0 amide bonds. The summed E-state index contributed by atoms with van der Waals surface area (Å²) in [5.74, 6) is 0.826. The number of hydrogen-bond donors (Lipinski definition) is 1. The Labute approximate surface area is 112 Å². The van der Waals surface area contributed by atoms with E-state index >= 15 is 0 Å². The average molecular weight is 255 g/mol. The quantitative estimate of drug-likeness (QED) is 0.841. The van der Waals surface area contributed by atoms with E-state index in [0.717, 1.165) is 45.1 Å². The Morgan fingerprint density at radius 3 is 2.56 bits per heavy atom. The lowest BCUT2D eigenvalue weighted by Crippen LogP contribution is -2.45. The number of nitrogens with one attached hydrogen (secondary N) is 1. The summed E-state index contributed by atoms with van der Waals surface area (Å²) in [6.45, 7) is 10.5. The van der Waals surface area contributed by atoms with Gasteiger partial charge in [0.25, 0.3) is 0 Å². The fourth-order valence-corrected chi connectivity index (χ4v) is 3.12. The van der Waals surface area contributed by atoms with Crippen molar-refractivity contribution in [2.75, 3.05) is 26.4 Å². The summed E-state index contributed by atoms with van der Waals surface area (Å²) in [7, 11) is 0. The Kier molecular flexibility index (Phi) is 4.68. The molecule has 2 saturated heterocycles. The Hall–Kier alpha value is -0.120. The molecule has 3 heteroatoms. The molecule has 0 aliphatic carbocycles. The first kappa shape index (κ1) is 14.3. The predicted octanol–water partition coefficient (Wildman–Crippen LogP) is 2.74. The lowest BCUT2D eigenvalue weighted by atomic mass is 9.79. The first-order valence-corrected chi connectivity index (χ1v) is 7.46. The summed E-state index contributed by atoms with van der Waals surface area (Å²) in [6.07, 6.45) is 5.94. The smallest absolute Gasteiger partial charge is 0.0729 e. The third-order valence-corrected chi connectivity index (χ3v) is 4.21. The number of hydrogen-bond acceptors (Lipinski definition) is 3. The van der Waals surface area contributed by atoms with E-state index < -0.39 is 0 Å². The summed E-state index contributed by atoms with van der Waals surface area (Å²) in [5.41, 5.74) is 0.393. The molecule has 2 aliphatic rings. The summed E-state index contributed by atoms with van der Waals surface area (Å²) >= 11 is 0. The largest absolute Gasteiger partial charge is 0.381 e. The Morgan fingerprint density at radius 2 is 1.89 bits per heavy atom. The first-order chi connectivity index (χ1) is 8.49. The highest BCUT2D eigenvalue weighted by Crippen LogP contribution is 2.38. The van der Waals surface area contributed by atoms with Gasteiger partial charge in [0.05, 0.1) is 5.60 Å². The molecule has 0 radical (unpaired) electrons. The van der Waals surface area contributed by atoms with E-state index in [1.54, 1.807) is 0 Å². The molecule has 0 aromatic rings. The fourth-order valence-electron chi connectivity index (χ4n) is 3.12. The molecule has 2 aliphatic heterocycles. The minimum Gasteiger partial charge on any atom is -0.381 e. The topological polar surface area (TPSA) is 30.5 Å². The molecular formula is C15H29NO2. The van der Waals surface area contributed by atoms with Crippen molar-refractivity contribution in [3.05, 3.63) is 0 Å². The molecule has 0 saturated carbocycles. The molecule has 1 N–H and O–H groups in total. The molecule has 1 unspecified atom stereocenters. The molecule has 1 atom stereocenters. The standard InChI is InChI=1S/C15H29NO2/c1-14(2,3)16-8-4-13-5-9-18-15(12-13)6-10-17-11-7-15/h13,16H,4-12H2,1-3H3. The molecule has 3 nitrogen and oxygen atoms in total. The van der Waals surface area contributed by atoms with Gasteiger partial charge in [-0.05, 0) is 65.3 Å². The van der Waals surface area contributed by atoms with E-state index in [-0.39, 0.29) is 11.1 Å². The maximum atomic E-state index is 6.08. The van der Waals surface area contributed by atoms with Crippen LogP contribution in [0.25, 0.3) is 0 Å². The SMILES string of the molecule is CC(C)(C)NCCC1CCOC2(CCOCC2)C1. The van der Waals surface area contributed by atoms with Crippen molar-refractivity contribution in [3.63, 3.8) is 0 Å². The minimum atomic E-state index is 0.156. The van der Waals surface area contributed by atoms with Crippen LogP contribution < -0.4 is 5.32 Å². The molecule has 2 rings (SSSR count). The van der Waals surface area contributed by atoms with E-state index in [0.29, 0.717) is 0 Å². The highest BCUT2D eigenvalue weighted by atomic mass is 16.5. The third-order valence-electron chi connectivity index (χ3n) is 4.21. The van der Waals surface area contributed by atoms with Gasteiger partial charge in [0, 0.05) is 25.4 Å². The summed E-state index contributed by atoms with van der Waals surface area (Å²) < 4.78 is 11.5. The van der Waals surface area contributed by atoms with E-state index in [9.17, 15) is 0 Å². The number of rotatable bonds is 3. The van der Waals surface area contributed by atoms with E-state index in [4.69, 9.17) is 9.47 Å². The van der Waals surface area contributed by atoms with Crippen molar-refractivity contribution < 1.29 is 9.47 Å². The van der Waals surface area contributed by atoms with Gasteiger partial charge in [0.2, 0.25) is 0 Å². The fraction of sp³-hybridized carbons (Fsp3) is 1.00. The molecule has 0 aromatic heterocycles. The van der Waals surface area contributed by atoms with Gasteiger partial charge < -0.3 is 14.8 Å². The second-order valence-corrected chi connectivity index (χ2v) is 6.97. The summed E-state index contributed by atoms with van der Waals surface area (Å²) in [6, 6.07) is 0. The van der Waals surface area contributed by atoms with Gasteiger partial charge in [0.15, 0.2) is 0 Å². The maximum Gasteiger partial charge on any atom is 0.0729 e. The molecule has 2 fully saturated rings.